The zero-order valence-electron chi connectivity index (χ0n) is 10.7. The monoisotopic (exact) mass is 280 g/mol. The van der Waals surface area contributed by atoms with Crippen molar-refractivity contribution in [1.29, 1.82) is 0 Å². The van der Waals surface area contributed by atoms with Gasteiger partial charge in [-0.3, -0.25) is 0 Å². The van der Waals surface area contributed by atoms with Crippen molar-refractivity contribution in [3.05, 3.63) is 22.8 Å². The lowest BCUT2D eigenvalue weighted by atomic mass is 9.82. The number of fused-ring (bicyclic) bond motifs is 1. The molecule has 1 N–H and O–H groups in total. The van der Waals surface area contributed by atoms with E-state index in [0.717, 1.165) is 13.1 Å². The molecule has 2 aliphatic rings. The van der Waals surface area contributed by atoms with Crippen molar-refractivity contribution < 1.29 is 9.90 Å². The SMILES string of the molecule is O=C(O)c1cc(Cl)cnc1N1CC2CCCCC2C1. The average molecular weight is 281 g/mol. The van der Waals surface area contributed by atoms with E-state index >= 15 is 0 Å². The Bertz CT molecular complexity index is 492. The number of halogens is 1. The number of carbonyl (C=O) groups is 1. The van der Waals surface area contributed by atoms with Crippen molar-refractivity contribution in [3.8, 4) is 0 Å². The Labute approximate surface area is 117 Å². The first-order chi connectivity index (χ1) is 9.15. The third kappa shape index (κ3) is 2.41. The molecule has 2 fully saturated rings. The van der Waals surface area contributed by atoms with Gasteiger partial charge >= 0.3 is 5.97 Å². The third-order valence-corrected chi connectivity index (χ3v) is 4.55. The van der Waals surface area contributed by atoms with Crippen molar-refractivity contribution in [2.45, 2.75) is 25.7 Å². The van der Waals surface area contributed by atoms with Crippen LogP contribution < -0.4 is 4.90 Å². The van der Waals surface area contributed by atoms with Crippen molar-refractivity contribution in [2.75, 3.05) is 18.0 Å². The number of aromatic carboxylic acids is 1. The molecule has 5 heteroatoms. The fourth-order valence-corrected chi connectivity index (χ4v) is 3.58. The zero-order valence-corrected chi connectivity index (χ0v) is 11.4. The smallest absolute Gasteiger partial charge is 0.339 e. The molecule has 1 aliphatic heterocycles. The molecule has 0 bridgehead atoms. The molecule has 2 unspecified atom stereocenters. The third-order valence-electron chi connectivity index (χ3n) is 4.34. The molecule has 1 aliphatic carbocycles. The number of pyridine rings is 1. The largest absolute Gasteiger partial charge is 0.478 e. The molecule has 1 saturated carbocycles. The topological polar surface area (TPSA) is 53.4 Å². The molecule has 1 saturated heterocycles. The van der Waals surface area contributed by atoms with Crippen LogP contribution in [0.2, 0.25) is 5.02 Å². The Kier molecular flexibility index (Phi) is 3.35. The van der Waals surface area contributed by atoms with E-state index in [9.17, 15) is 9.90 Å². The minimum atomic E-state index is -0.958. The van der Waals surface area contributed by atoms with E-state index in [2.05, 4.69) is 9.88 Å². The highest BCUT2D eigenvalue weighted by Gasteiger charge is 2.36. The van der Waals surface area contributed by atoms with Gasteiger partial charge in [0.15, 0.2) is 0 Å². The van der Waals surface area contributed by atoms with E-state index in [4.69, 9.17) is 11.6 Å². The molecule has 1 aromatic heterocycles. The lowest BCUT2D eigenvalue weighted by Gasteiger charge is -2.22. The summed E-state index contributed by atoms with van der Waals surface area (Å²) in [5.41, 5.74) is 0.214. The van der Waals surface area contributed by atoms with Crippen molar-refractivity contribution in [2.24, 2.45) is 11.8 Å². The second-order valence-corrected chi connectivity index (χ2v) is 5.98. The van der Waals surface area contributed by atoms with Crippen LogP contribution in [0.15, 0.2) is 12.3 Å². The molecule has 3 rings (SSSR count). The normalized spacial score (nSPS) is 26.3. The molecule has 4 nitrogen and oxygen atoms in total. The van der Waals surface area contributed by atoms with Crippen LogP contribution in [-0.2, 0) is 0 Å². The fourth-order valence-electron chi connectivity index (χ4n) is 3.42. The summed E-state index contributed by atoms with van der Waals surface area (Å²) in [7, 11) is 0. The number of anilines is 1. The number of hydrogen-bond acceptors (Lipinski definition) is 3. The van der Waals surface area contributed by atoms with Crippen LogP contribution in [0.25, 0.3) is 0 Å². The Morgan fingerprint density at radius 2 is 1.95 bits per heavy atom. The maximum atomic E-state index is 11.3. The molecule has 2 atom stereocenters. The quantitative estimate of drug-likeness (QED) is 0.905. The number of rotatable bonds is 2. The number of nitrogens with zero attached hydrogens (tertiary/aromatic N) is 2. The minimum Gasteiger partial charge on any atom is -0.478 e. The highest BCUT2D eigenvalue weighted by molar-refractivity contribution is 6.30. The summed E-state index contributed by atoms with van der Waals surface area (Å²) in [5.74, 6) is 1.02. The minimum absolute atomic E-state index is 0.214. The van der Waals surface area contributed by atoms with Crippen molar-refractivity contribution >= 4 is 23.4 Å². The second-order valence-electron chi connectivity index (χ2n) is 5.54. The molecular weight excluding hydrogens is 264 g/mol. The summed E-state index contributed by atoms with van der Waals surface area (Å²) in [6.07, 6.45) is 6.66. The first-order valence-electron chi connectivity index (χ1n) is 6.79. The zero-order chi connectivity index (χ0) is 13.4. The van der Waals surface area contributed by atoms with Crippen LogP contribution in [-0.4, -0.2) is 29.1 Å². The maximum absolute atomic E-state index is 11.3. The van der Waals surface area contributed by atoms with Gasteiger partial charge in [0, 0.05) is 19.3 Å². The number of aromatic nitrogens is 1. The molecule has 0 radical (unpaired) electrons. The summed E-state index contributed by atoms with van der Waals surface area (Å²) in [4.78, 5) is 17.7. The van der Waals surface area contributed by atoms with Crippen LogP contribution >= 0.6 is 11.6 Å². The molecule has 2 heterocycles. The second kappa shape index (κ2) is 5.00. The number of carboxylic acids is 1. The Balaban J connectivity index is 1.88. The van der Waals surface area contributed by atoms with Gasteiger partial charge in [0.25, 0.3) is 0 Å². The molecule has 0 amide bonds. The highest BCUT2D eigenvalue weighted by atomic mass is 35.5. The van der Waals surface area contributed by atoms with Crippen LogP contribution in [0.4, 0.5) is 5.82 Å². The lowest BCUT2D eigenvalue weighted by molar-refractivity contribution is 0.0697. The lowest BCUT2D eigenvalue weighted by Crippen LogP contribution is -2.23. The fraction of sp³-hybridized carbons (Fsp3) is 0.571. The molecule has 102 valence electrons. The Morgan fingerprint density at radius 3 is 2.53 bits per heavy atom. The first kappa shape index (κ1) is 12.7. The van der Waals surface area contributed by atoms with E-state index in [0.29, 0.717) is 22.7 Å². The molecule has 0 spiro atoms. The van der Waals surface area contributed by atoms with E-state index in [-0.39, 0.29) is 5.56 Å². The van der Waals surface area contributed by atoms with Crippen LogP contribution in [0.5, 0.6) is 0 Å². The number of carboxylic acid groups (broad SMARTS) is 1. The van der Waals surface area contributed by atoms with Gasteiger partial charge in [-0.25, -0.2) is 9.78 Å². The van der Waals surface area contributed by atoms with E-state index in [1.807, 2.05) is 0 Å². The van der Waals surface area contributed by atoms with Gasteiger partial charge in [-0.15, -0.1) is 0 Å². The predicted molar refractivity (Wildman–Crippen MR) is 73.9 cm³/mol. The molecule has 19 heavy (non-hydrogen) atoms. The maximum Gasteiger partial charge on any atom is 0.339 e. The van der Waals surface area contributed by atoms with Crippen LogP contribution in [0, 0.1) is 11.8 Å². The van der Waals surface area contributed by atoms with Gasteiger partial charge in [0.1, 0.15) is 11.4 Å². The van der Waals surface area contributed by atoms with Gasteiger partial charge in [0.05, 0.1) is 5.02 Å². The molecular formula is C14H17ClN2O2. The van der Waals surface area contributed by atoms with E-state index in [1.165, 1.54) is 37.9 Å². The van der Waals surface area contributed by atoms with Gasteiger partial charge in [0.2, 0.25) is 0 Å². The van der Waals surface area contributed by atoms with Gasteiger partial charge in [-0.2, -0.15) is 0 Å². The van der Waals surface area contributed by atoms with Gasteiger partial charge in [-0.1, -0.05) is 24.4 Å². The average Bonchev–Trinajstić information content (AvgIpc) is 2.82. The van der Waals surface area contributed by atoms with Crippen LogP contribution in [0.1, 0.15) is 36.0 Å². The van der Waals surface area contributed by atoms with E-state index in [1.54, 1.807) is 0 Å². The summed E-state index contributed by atoms with van der Waals surface area (Å²) in [5, 5.41) is 9.66. The van der Waals surface area contributed by atoms with Gasteiger partial charge < -0.3 is 10.0 Å². The standard InChI is InChI=1S/C14H17ClN2O2/c15-11-5-12(14(18)19)13(16-6-11)17-7-9-3-1-2-4-10(9)8-17/h5-6,9-10H,1-4,7-8H2,(H,18,19). The van der Waals surface area contributed by atoms with E-state index < -0.39 is 5.97 Å². The Hall–Kier alpha value is -1.29. The van der Waals surface area contributed by atoms with Crippen molar-refractivity contribution in [3.63, 3.8) is 0 Å². The molecule has 1 aromatic rings. The van der Waals surface area contributed by atoms with Crippen LogP contribution in [0.3, 0.4) is 0 Å². The molecule has 0 aromatic carbocycles. The van der Waals surface area contributed by atoms with Gasteiger partial charge in [-0.05, 0) is 30.7 Å². The summed E-state index contributed by atoms with van der Waals surface area (Å²) >= 11 is 5.85. The predicted octanol–water partition coefficient (Wildman–Crippen LogP) is 3.06. The van der Waals surface area contributed by atoms with Crippen molar-refractivity contribution in [1.82, 2.24) is 4.98 Å². The first-order valence-corrected chi connectivity index (χ1v) is 7.16. The number of hydrogen-bond donors (Lipinski definition) is 1. The summed E-state index contributed by atoms with van der Waals surface area (Å²) < 4.78 is 0. The Morgan fingerprint density at radius 1 is 1.32 bits per heavy atom. The summed E-state index contributed by atoms with van der Waals surface area (Å²) in [6.45, 7) is 1.86. The highest BCUT2D eigenvalue weighted by Crippen LogP contribution is 2.38. The summed E-state index contributed by atoms with van der Waals surface area (Å²) in [6, 6.07) is 1.49.